The summed E-state index contributed by atoms with van der Waals surface area (Å²) in [7, 11) is 0. The fourth-order valence-electron chi connectivity index (χ4n) is 4.41. The number of benzene rings is 2. The lowest BCUT2D eigenvalue weighted by molar-refractivity contribution is 0.438. The molecule has 122 valence electrons. The molecule has 4 rings (SSSR count). The Bertz CT molecular complexity index is 821. The molecule has 0 N–H and O–H groups in total. The number of hydrogen-bond acceptors (Lipinski definition) is 2. The molecule has 2 aliphatic rings. The van der Waals surface area contributed by atoms with Gasteiger partial charge in [0, 0.05) is 13.1 Å². The highest BCUT2D eigenvalue weighted by atomic mass is 15.1. The third kappa shape index (κ3) is 2.40. The predicted octanol–water partition coefficient (Wildman–Crippen LogP) is 4.87. The van der Waals surface area contributed by atoms with Gasteiger partial charge in [-0.25, -0.2) is 0 Å². The van der Waals surface area contributed by atoms with Gasteiger partial charge in [0.15, 0.2) is 0 Å². The molecule has 1 heterocycles. The fraction of sp³-hybridized carbons (Fsp3) is 0.409. The van der Waals surface area contributed by atoms with E-state index in [1.165, 1.54) is 46.3 Å². The molecule has 0 atom stereocenters. The number of piperidine rings is 1. The summed E-state index contributed by atoms with van der Waals surface area (Å²) < 4.78 is 0. The molecule has 1 fully saturated rings. The number of fused-ring (bicyclic) bond motifs is 3. The zero-order valence-corrected chi connectivity index (χ0v) is 14.6. The molecule has 0 bridgehead atoms. The summed E-state index contributed by atoms with van der Waals surface area (Å²) >= 11 is 0. The number of aryl methyl sites for hydroxylation is 2. The summed E-state index contributed by atoms with van der Waals surface area (Å²) in [6, 6.07) is 13.3. The second-order valence-electron chi connectivity index (χ2n) is 7.38. The van der Waals surface area contributed by atoms with Crippen molar-refractivity contribution in [2.75, 3.05) is 18.0 Å². The van der Waals surface area contributed by atoms with Crippen LogP contribution in [0.15, 0.2) is 30.3 Å². The molecule has 0 radical (unpaired) electrons. The molecule has 0 spiro atoms. The van der Waals surface area contributed by atoms with E-state index in [0.717, 1.165) is 37.4 Å². The molecule has 0 amide bonds. The average molecular weight is 316 g/mol. The van der Waals surface area contributed by atoms with E-state index in [4.69, 9.17) is 0 Å². The zero-order chi connectivity index (χ0) is 16.7. The molecular formula is C22H24N2. The first-order valence-corrected chi connectivity index (χ1v) is 9.09. The van der Waals surface area contributed by atoms with Gasteiger partial charge in [0.1, 0.15) is 6.07 Å². The van der Waals surface area contributed by atoms with Crippen LogP contribution >= 0.6 is 0 Å². The molecular weight excluding hydrogens is 292 g/mol. The number of rotatable bonds is 1. The predicted molar refractivity (Wildman–Crippen MR) is 99.3 cm³/mol. The first-order valence-electron chi connectivity index (χ1n) is 9.09. The highest BCUT2D eigenvalue weighted by molar-refractivity contribution is 5.84. The van der Waals surface area contributed by atoms with Gasteiger partial charge in [0.2, 0.25) is 0 Å². The van der Waals surface area contributed by atoms with Crippen LogP contribution in [-0.4, -0.2) is 13.1 Å². The largest absolute Gasteiger partial charge is 0.370 e. The zero-order valence-electron chi connectivity index (χ0n) is 14.6. The van der Waals surface area contributed by atoms with Crippen molar-refractivity contribution in [1.29, 1.82) is 5.26 Å². The van der Waals surface area contributed by atoms with Crippen LogP contribution in [0, 0.1) is 24.2 Å². The molecule has 1 aliphatic carbocycles. The van der Waals surface area contributed by atoms with Crippen molar-refractivity contribution >= 4 is 5.69 Å². The van der Waals surface area contributed by atoms with Crippen molar-refractivity contribution in [3.05, 3.63) is 52.6 Å². The summed E-state index contributed by atoms with van der Waals surface area (Å²) in [6.45, 7) is 6.65. The molecule has 2 aromatic rings. The van der Waals surface area contributed by atoms with Gasteiger partial charge in [0.05, 0.1) is 11.3 Å². The maximum atomic E-state index is 9.75. The maximum absolute atomic E-state index is 9.75. The molecule has 2 nitrogen and oxygen atoms in total. The molecule has 2 heteroatoms. The smallest absolute Gasteiger partial charge is 0.101 e. The minimum atomic E-state index is 0.800. The first-order chi connectivity index (χ1) is 11.7. The highest BCUT2D eigenvalue weighted by Gasteiger charge is 2.27. The van der Waals surface area contributed by atoms with Crippen molar-refractivity contribution in [2.24, 2.45) is 5.92 Å². The van der Waals surface area contributed by atoms with Gasteiger partial charge in [-0.3, -0.25) is 0 Å². The lowest BCUT2D eigenvalue weighted by Crippen LogP contribution is -2.34. The molecule has 0 aromatic heterocycles. The summed E-state index contributed by atoms with van der Waals surface area (Å²) in [5.74, 6) is 0.800. The molecule has 2 aromatic carbocycles. The molecule has 24 heavy (non-hydrogen) atoms. The topological polar surface area (TPSA) is 27.0 Å². The number of anilines is 1. The summed E-state index contributed by atoms with van der Waals surface area (Å²) in [6.07, 6.45) is 4.58. The highest BCUT2D eigenvalue weighted by Crippen LogP contribution is 2.43. The molecule has 1 saturated heterocycles. The SMILES string of the molecule is Cc1cc(C#N)c(N2CCC(C)CC2)c2c1-c1ccccc1CC2. The van der Waals surface area contributed by atoms with E-state index in [1.54, 1.807) is 0 Å². The normalized spacial score (nSPS) is 17.1. The van der Waals surface area contributed by atoms with Crippen LogP contribution < -0.4 is 4.90 Å². The average Bonchev–Trinajstić information content (AvgIpc) is 2.62. The van der Waals surface area contributed by atoms with Gasteiger partial charge in [0.25, 0.3) is 0 Å². The van der Waals surface area contributed by atoms with Crippen LogP contribution in [0.5, 0.6) is 0 Å². The van der Waals surface area contributed by atoms with Crippen molar-refractivity contribution in [3.8, 4) is 17.2 Å². The van der Waals surface area contributed by atoms with Crippen molar-refractivity contribution < 1.29 is 0 Å². The van der Waals surface area contributed by atoms with E-state index < -0.39 is 0 Å². The van der Waals surface area contributed by atoms with Gasteiger partial charge in [-0.05, 0) is 72.4 Å². The van der Waals surface area contributed by atoms with E-state index in [1.807, 2.05) is 0 Å². The van der Waals surface area contributed by atoms with E-state index in [2.05, 4.69) is 55.1 Å². The monoisotopic (exact) mass is 316 g/mol. The third-order valence-electron chi connectivity index (χ3n) is 5.75. The van der Waals surface area contributed by atoms with Crippen molar-refractivity contribution in [2.45, 2.75) is 39.5 Å². The Balaban J connectivity index is 1.90. The van der Waals surface area contributed by atoms with Gasteiger partial charge in [-0.2, -0.15) is 5.26 Å². The van der Waals surface area contributed by atoms with Gasteiger partial charge in [-0.1, -0.05) is 31.2 Å². The van der Waals surface area contributed by atoms with E-state index >= 15 is 0 Å². The Morgan fingerprint density at radius 3 is 2.62 bits per heavy atom. The fourth-order valence-corrected chi connectivity index (χ4v) is 4.41. The van der Waals surface area contributed by atoms with Crippen LogP contribution in [-0.2, 0) is 12.8 Å². The summed E-state index contributed by atoms with van der Waals surface area (Å²) in [5.41, 5.74) is 8.91. The quantitative estimate of drug-likeness (QED) is 0.750. The Hall–Kier alpha value is -2.27. The number of hydrogen-bond donors (Lipinski definition) is 0. The Kier molecular flexibility index (Phi) is 3.81. The number of nitrogens with zero attached hydrogens (tertiary/aromatic N) is 2. The minimum absolute atomic E-state index is 0.800. The van der Waals surface area contributed by atoms with Crippen molar-refractivity contribution in [3.63, 3.8) is 0 Å². The summed E-state index contributed by atoms with van der Waals surface area (Å²) in [5, 5.41) is 9.75. The van der Waals surface area contributed by atoms with E-state index in [9.17, 15) is 5.26 Å². The maximum Gasteiger partial charge on any atom is 0.101 e. The minimum Gasteiger partial charge on any atom is -0.370 e. The van der Waals surface area contributed by atoms with Gasteiger partial charge >= 0.3 is 0 Å². The van der Waals surface area contributed by atoms with E-state index in [-0.39, 0.29) is 0 Å². The van der Waals surface area contributed by atoms with Crippen LogP contribution in [0.2, 0.25) is 0 Å². The van der Waals surface area contributed by atoms with Crippen LogP contribution in [0.3, 0.4) is 0 Å². The summed E-state index contributed by atoms with van der Waals surface area (Å²) in [4.78, 5) is 2.48. The second-order valence-corrected chi connectivity index (χ2v) is 7.38. The van der Waals surface area contributed by atoms with Crippen LogP contribution in [0.1, 0.15) is 42.0 Å². The van der Waals surface area contributed by atoms with Gasteiger partial charge in [-0.15, -0.1) is 0 Å². The van der Waals surface area contributed by atoms with Crippen LogP contribution in [0.4, 0.5) is 5.69 Å². The lowest BCUT2D eigenvalue weighted by Gasteiger charge is -2.36. The third-order valence-corrected chi connectivity index (χ3v) is 5.75. The standard InChI is InChI=1S/C22H24N2/c1-15-9-11-24(12-10-15)22-18(14-23)13-16(2)21-19-6-4-3-5-17(19)7-8-20(21)22/h3-6,13,15H,7-12H2,1-2H3. The van der Waals surface area contributed by atoms with Crippen molar-refractivity contribution in [1.82, 2.24) is 0 Å². The first kappa shape index (κ1) is 15.3. The Morgan fingerprint density at radius 1 is 1.12 bits per heavy atom. The van der Waals surface area contributed by atoms with Gasteiger partial charge < -0.3 is 4.90 Å². The second kappa shape index (κ2) is 5.98. The number of nitriles is 1. The molecule has 0 unspecified atom stereocenters. The van der Waals surface area contributed by atoms with E-state index in [0.29, 0.717) is 0 Å². The Labute approximate surface area is 144 Å². The lowest BCUT2D eigenvalue weighted by atomic mass is 9.80. The van der Waals surface area contributed by atoms with Crippen LogP contribution in [0.25, 0.3) is 11.1 Å². The Morgan fingerprint density at radius 2 is 1.88 bits per heavy atom. The molecule has 0 saturated carbocycles. The molecule has 1 aliphatic heterocycles.